The third kappa shape index (κ3) is 7.91. The fraction of sp³-hybridized carbons (Fsp3) is 0.500. The summed E-state index contributed by atoms with van der Waals surface area (Å²) in [5, 5.41) is 12.3. The van der Waals surface area contributed by atoms with Crippen LogP contribution in [-0.4, -0.2) is 22.1 Å². The van der Waals surface area contributed by atoms with Gasteiger partial charge in [0.05, 0.1) is 0 Å². The predicted octanol–water partition coefficient (Wildman–Crippen LogP) is 6.64. The molecule has 1 N–H and O–H groups in total. The maximum absolute atomic E-state index is 10.2. The van der Waals surface area contributed by atoms with Gasteiger partial charge in [-0.1, -0.05) is 63.8 Å². The lowest BCUT2D eigenvalue weighted by Gasteiger charge is -2.35. The molecule has 25 heavy (non-hydrogen) atoms. The Morgan fingerprint density at radius 3 is 2.28 bits per heavy atom. The van der Waals surface area contributed by atoms with Crippen molar-refractivity contribution in [3.8, 4) is 0 Å². The molecular formula is C20H32INOSSi. The quantitative estimate of drug-likeness (QED) is 0.290. The number of fused-ring (bicyclic) bond motifs is 1. The van der Waals surface area contributed by atoms with Crippen molar-refractivity contribution in [2.24, 2.45) is 0 Å². The molecule has 0 amide bonds. The maximum Gasteiger partial charge on any atom is 0.116 e. The highest BCUT2D eigenvalue weighted by Gasteiger charge is 2.27. The van der Waals surface area contributed by atoms with Crippen LogP contribution in [0.15, 0.2) is 41.8 Å². The molecule has 0 spiro atoms. The van der Waals surface area contributed by atoms with Gasteiger partial charge in [-0.05, 0) is 29.5 Å². The first kappa shape index (κ1) is 22.8. The number of β-amino-alcohol motifs (C(OH)–C–C–N with tert-alkyl or cyclic N) is 1. The molecular weight excluding hydrogens is 457 g/mol. The van der Waals surface area contributed by atoms with Gasteiger partial charge in [-0.3, -0.25) is 4.90 Å². The number of rotatable bonds is 2. The Bertz CT molecular complexity index is 606. The lowest BCUT2D eigenvalue weighted by Crippen LogP contribution is -2.34. The number of benzene rings is 1. The first-order chi connectivity index (χ1) is 11.8. The summed E-state index contributed by atoms with van der Waals surface area (Å²) in [7, 11) is 0. The highest BCUT2D eigenvalue weighted by Crippen LogP contribution is 2.34. The molecule has 5 heteroatoms. The van der Waals surface area contributed by atoms with Gasteiger partial charge < -0.3 is 5.11 Å². The largest absolute Gasteiger partial charge is 0.386 e. The number of aliphatic hydroxyl groups excluding tert-OH is 1. The molecule has 0 aliphatic carbocycles. The number of nitrogens with zero attached hydrogens (tertiary/aromatic N) is 1. The second kappa shape index (κ2) is 10.8. The molecule has 140 valence electrons. The Labute approximate surface area is 171 Å². The molecule has 2 atom stereocenters. The van der Waals surface area contributed by atoms with Gasteiger partial charge in [0.25, 0.3) is 0 Å². The van der Waals surface area contributed by atoms with E-state index in [9.17, 15) is 5.11 Å². The Kier molecular flexibility index (Phi) is 9.88. The number of thiophene rings is 1. The number of aliphatic hydroxyl groups is 1. The summed E-state index contributed by atoms with van der Waals surface area (Å²) in [6.45, 7) is 14.8. The summed E-state index contributed by atoms with van der Waals surface area (Å²) in [4.78, 5) is 3.49. The van der Waals surface area contributed by atoms with Gasteiger partial charge in [0, 0.05) is 24.0 Å². The van der Waals surface area contributed by atoms with Gasteiger partial charge in [0.1, 0.15) is 11.7 Å². The van der Waals surface area contributed by atoms with Gasteiger partial charge in [0.2, 0.25) is 0 Å². The Hall–Kier alpha value is -0.213. The zero-order chi connectivity index (χ0) is 19.0. The molecule has 1 aromatic carbocycles. The molecule has 0 fully saturated rings. The fourth-order valence-corrected chi connectivity index (χ4v) is 3.49. The van der Waals surface area contributed by atoms with E-state index >= 15 is 0 Å². The van der Waals surface area contributed by atoms with Crippen molar-refractivity contribution in [2.45, 2.75) is 59.1 Å². The number of hydrogen-bond donors (Lipinski definition) is 1. The minimum atomic E-state index is -0.641. The molecule has 0 saturated carbocycles. The first-order valence-corrected chi connectivity index (χ1v) is 16.5. The summed E-state index contributed by atoms with van der Waals surface area (Å²) in [6.07, 6.45) is -0.333. The van der Waals surface area contributed by atoms with E-state index in [4.69, 9.17) is 0 Å². The van der Waals surface area contributed by atoms with Crippen LogP contribution in [0.2, 0.25) is 19.6 Å². The molecule has 2 unspecified atom stereocenters. The van der Waals surface area contributed by atoms with Gasteiger partial charge >= 0.3 is 0 Å². The third-order valence-electron chi connectivity index (χ3n) is 3.69. The summed E-state index contributed by atoms with van der Waals surface area (Å²) < 4.78 is 0. The van der Waals surface area contributed by atoms with Crippen LogP contribution in [0, 0.1) is 0 Å². The summed E-state index contributed by atoms with van der Waals surface area (Å²) in [6, 6.07) is 13.0. The van der Waals surface area contributed by atoms with E-state index in [2.05, 4.69) is 89.0 Å². The minimum absolute atomic E-state index is 0.333. The zero-order valence-electron chi connectivity index (χ0n) is 16.3. The monoisotopic (exact) mass is 489 g/mol. The molecule has 1 aliphatic heterocycles. The fourth-order valence-electron chi connectivity index (χ4n) is 2.60. The lowest BCUT2D eigenvalue weighted by atomic mass is 10.0. The maximum atomic E-state index is 10.2. The van der Waals surface area contributed by atoms with E-state index in [0.29, 0.717) is 6.04 Å². The zero-order valence-corrected chi connectivity index (χ0v) is 20.3. The van der Waals surface area contributed by atoms with E-state index in [1.165, 1.54) is 11.1 Å². The van der Waals surface area contributed by atoms with Crippen LogP contribution in [0.5, 0.6) is 0 Å². The summed E-state index contributed by atoms with van der Waals surface area (Å²) in [5.41, 5.74) is 1.95. The smallest absolute Gasteiger partial charge is 0.116 e. The number of halogens is 1. The van der Waals surface area contributed by atoms with Crippen LogP contribution >= 0.6 is 33.1 Å². The molecule has 1 aromatic heterocycles. The van der Waals surface area contributed by atoms with Crippen molar-refractivity contribution < 1.29 is 5.11 Å². The first-order valence-electron chi connectivity index (χ1n) is 8.98. The van der Waals surface area contributed by atoms with Crippen LogP contribution in [0.25, 0.3) is 0 Å². The van der Waals surface area contributed by atoms with Crippen molar-refractivity contribution in [3.05, 3.63) is 57.8 Å². The molecule has 1 aliphatic rings. The molecule has 0 saturated heterocycles. The Balaban J connectivity index is 0.000000388. The van der Waals surface area contributed by atoms with E-state index in [-0.39, 0.29) is 6.10 Å². The van der Waals surface area contributed by atoms with Crippen molar-refractivity contribution in [2.75, 3.05) is 6.54 Å². The van der Waals surface area contributed by atoms with Crippen LogP contribution in [0.1, 0.15) is 48.9 Å². The van der Waals surface area contributed by atoms with E-state index in [0.717, 1.165) is 18.0 Å². The molecule has 2 nitrogen and oxygen atoms in total. The van der Waals surface area contributed by atoms with Crippen molar-refractivity contribution in [3.63, 3.8) is 0 Å². The van der Waals surface area contributed by atoms with E-state index in [1.54, 1.807) is 11.3 Å². The highest BCUT2D eigenvalue weighted by molar-refractivity contribution is 14.1. The second-order valence-electron chi connectivity index (χ2n) is 6.91. The SMILES string of the molecule is CC.CC(c1ccccc1)N1Cc2ccsc2C(O)C1.C[Si](C)(C)I. The Morgan fingerprint density at radius 2 is 1.72 bits per heavy atom. The van der Waals surface area contributed by atoms with Crippen LogP contribution in [0.3, 0.4) is 0 Å². The van der Waals surface area contributed by atoms with Crippen molar-refractivity contribution in [1.29, 1.82) is 0 Å². The summed E-state index contributed by atoms with van der Waals surface area (Å²) >= 11 is 4.18. The highest BCUT2D eigenvalue weighted by atomic mass is 127. The lowest BCUT2D eigenvalue weighted by molar-refractivity contribution is 0.0726. The van der Waals surface area contributed by atoms with Crippen LogP contribution in [-0.2, 0) is 6.54 Å². The van der Waals surface area contributed by atoms with Crippen molar-refractivity contribution in [1.82, 2.24) is 4.90 Å². The topological polar surface area (TPSA) is 23.5 Å². The molecule has 0 radical (unpaired) electrons. The van der Waals surface area contributed by atoms with Gasteiger partial charge in [-0.2, -0.15) is 0 Å². The predicted molar refractivity (Wildman–Crippen MR) is 123 cm³/mol. The molecule has 2 aromatic rings. The standard InChI is InChI=1S/C15H17NOS.C3H9ISi.C2H6/c1-11(12-5-3-2-4-6-12)16-9-13-7-8-18-15(13)14(17)10-16;1-5(2,3)4;1-2/h2-8,11,14,17H,9-10H2,1H3;1-3H3;1-2H3. The van der Waals surface area contributed by atoms with Gasteiger partial charge in [-0.25, -0.2) is 0 Å². The van der Waals surface area contributed by atoms with E-state index in [1.807, 2.05) is 19.9 Å². The van der Waals surface area contributed by atoms with Gasteiger partial charge in [0.15, 0.2) is 0 Å². The summed E-state index contributed by atoms with van der Waals surface area (Å²) in [5.74, 6) is 0. The van der Waals surface area contributed by atoms with Crippen LogP contribution in [0.4, 0.5) is 0 Å². The molecule has 3 rings (SSSR count). The Morgan fingerprint density at radius 1 is 1.16 bits per heavy atom. The molecule has 0 bridgehead atoms. The number of hydrogen-bond acceptors (Lipinski definition) is 3. The average Bonchev–Trinajstić information content (AvgIpc) is 3.04. The average molecular weight is 490 g/mol. The minimum Gasteiger partial charge on any atom is -0.386 e. The third-order valence-corrected chi connectivity index (χ3v) is 4.75. The van der Waals surface area contributed by atoms with Gasteiger partial charge in [-0.15, -0.1) is 33.1 Å². The van der Waals surface area contributed by atoms with Crippen LogP contribution < -0.4 is 0 Å². The van der Waals surface area contributed by atoms with Crippen molar-refractivity contribution >= 4 is 38.7 Å². The van der Waals surface area contributed by atoms with E-state index < -0.39 is 5.57 Å². The normalized spacial score (nSPS) is 18.2. The molecule has 2 heterocycles. The second-order valence-corrected chi connectivity index (χ2v) is 21.7.